The third-order valence-corrected chi connectivity index (χ3v) is 6.83. The summed E-state index contributed by atoms with van der Waals surface area (Å²) in [5.74, 6) is 1.18. The minimum absolute atomic E-state index is 0.152. The Morgan fingerprint density at radius 3 is 2.84 bits per heavy atom. The quantitative estimate of drug-likeness (QED) is 0.210. The summed E-state index contributed by atoms with van der Waals surface area (Å²) in [4.78, 5) is 20.1. The second-order valence-electron chi connectivity index (χ2n) is 8.98. The van der Waals surface area contributed by atoms with E-state index >= 15 is 0 Å². The van der Waals surface area contributed by atoms with E-state index in [1.54, 1.807) is 11.6 Å². The van der Waals surface area contributed by atoms with E-state index in [9.17, 15) is 9.90 Å². The molecule has 38 heavy (non-hydrogen) atoms. The van der Waals surface area contributed by atoms with Gasteiger partial charge in [-0.05, 0) is 55.1 Å². The van der Waals surface area contributed by atoms with Gasteiger partial charge in [-0.2, -0.15) is 5.10 Å². The number of rotatable bonds is 11. The Balaban J connectivity index is 1.17. The lowest BCUT2D eigenvalue weighted by Gasteiger charge is -2.16. The molecule has 0 spiro atoms. The van der Waals surface area contributed by atoms with Crippen molar-refractivity contribution in [1.82, 2.24) is 29.7 Å². The number of nitrogens with zero attached hydrogens (tertiary/aromatic N) is 5. The van der Waals surface area contributed by atoms with Gasteiger partial charge in [0, 0.05) is 48.7 Å². The minimum atomic E-state index is -0.622. The van der Waals surface area contributed by atoms with Gasteiger partial charge in [-0.25, -0.2) is 9.50 Å². The predicted octanol–water partition coefficient (Wildman–Crippen LogP) is 2.30. The zero-order valence-corrected chi connectivity index (χ0v) is 21.9. The number of likely N-dealkylation sites (tertiary alicyclic amines) is 1. The van der Waals surface area contributed by atoms with Crippen LogP contribution in [-0.2, 0) is 14.3 Å². The van der Waals surface area contributed by atoms with Crippen LogP contribution in [0.15, 0.2) is 58.7 Å². The highest BCUT2D eigenvalue weighted by molar-refractivity contribution is 7.99. The maximum Gasteiger partial charge on any atom is 0.238 e. The number of aromatic nitrogens is 5. The molecule has 0 bridgehead atoms. The number of aliphatic hydroxyl groups is 1. The fraction of sp³-hybridized carbons (Fsp3) is 0.360. The minimum Gasteiger partial charge on any atom is -0.389 e. The molecule has 0 aliphatic carbocycles. The first-order chi connectivity index (χ1) is 18.5. The number of hydrogen-bond acceptors (Lipinski definition) is 10. The molecule has 1 aliphatic rings. The number of H-pyrrole nitrogens is 1. The molecular formula is C25H30N8O4S. The molecule has 5 rings (SSSR count). The third kappa shape index (κ3) is 6.49. The van der Waals surface area contributed by atoms with Gasteiger partial charge < -0.3 is 25.2 Å². The molecule has 3 aromatic heterocycles. The van der Waals surface area contributed by atoms with Crippen molar-refractivity contribution in [3.05, 3.63) is 54.4 Å². The lowest BCUT2D eigenvalue weighted by atomic mass is 10.3. The molecule has 1 aromatic carbocycles. The van der Waals surface area contributed by atoms with Crippen molar-refractivity contribution in [1.29, 1.82) is 0 Å². The van der Waals surface area contributed by atoms with Crippen molar-refractivity contribution in [3.8, 4) is 0 Å². The normalized spacial score (nSPS) is 17.8. The van der Waals surface area contributed by atoms with Crippen molar-refractivity contribution >= 4 is 40.5 Å². The molecule has 2 atom stereocenters. The van der Waals surface area contributed by atoms with Gasteiger partial charge in [0.25, 0.3) is 0 Å². The second-order valence-corrected chi connectivity index (χ2v) is 10.0. The molecular weight excluding hydrogens is 508 g/mol. The Morgan fingerprint density at radius 2 is 2.08 bits per heavy atom. The Hall–Kier alpha value is -3.49. The van der Waals surface area contributed by atoms with E-state index in [0.29, 0.717) is 48.8 Å². The van der Waals surface area contributed by atoms with Crippen LogP contribution < -0.4 is 10.6 Å². The molecule has 1 saturated heterocycles. The SMILES string of the molecule is COCCO[C@H]1CN(CC(=O)Nc2ccc(Sc3nc(Nc4cc(C)[nH]n4)c4cccn4n3)cc2)C[C@@H]1O. The van der Waals surface area contributed by atoms with Gasteiger partial charge in [0.1, 0.15) is 5.52 Å². The largest absolute Gasteiger partial charge is 0.389 e. The topological polar surface area (TPSA) is 142 Å². The number of aromatic amines is 1. The van der Waals surface area contributed by atoms with Crippen molar-refractivity contribution in [3.63, 3.8) is 0 Å². The molecule has 12 nitrogen and oxygen atoms in total. The average molecular weight is 539 g/mol. The molecule has 1 fully saturated rings. The molecule has 4 N–H and O–H groups in total. The average Bonchev–Trinajstić information content (AvgIpc) is 3.61. The lowest BCUT2D eigenvalue weighted by molar-refractivity contribution is -0.117. The highest BCUT2D eigenvalue weighted by Gasteiger charge is 2.32. The summed E-state index contributed by atoms with van der Waals surface area (Å²) in [6, 6.07) is 13.3. The molecule has 0 unspecified atom stereocenters. The number of β-amino-alcohol motifs (C(OH)–C–C–N with tert-alkyl or cyclic N) is 1. The van der Waals surface area contributed by atoms with E-state index in [1.807, 2.05) is 60.5 Å². The summed E-state index contributed by atoms with van der Waals surface area (Å²) < 4.78 is 12.4. The number of amides is 1. The number of benzene rings is 1. The van der Waals surface area contributed by atoms with Crippen LogP contribution in [0, 0.1) is 6.92 Å². The highest BCUT2D eigenvalue weighted by atomic mass is 32.2. The zero-order chi connectivity index (χ0) is 26.5. The number of carbonyl (C=O) groups excluding carboxylic acids is 1. The summed E-state index contributed by atoms with van der Waals surface area (Å²) in [6.45, 7) is 3.88. The number of aryl methyl sites for hydroxylation is 1. The molecule has 13 heteroatoms. The predicted molar refractivity (Wildman–Crippen MR) is 143 cm³/mol. The molecule has 1 amide bonds. The molecule has 0 radical (unpaired) electrons. The number of ether oxygens (including phenoxy) is 2. The van der Waals surface area contributed by atoms with Gasteiger partial charge in [-0.1, -0.05) is 0 Å². The van der Waals surface area contributed by atoms with E-state index in [1.165, 1.54) is 11.8 Å². The van der Waals surface area contributed by atoms with Gasteiger partial charge in [0.2, 0.25) is 11.1 Å². The van der Waals surface area contributed by atoms with Crippen LogP contribution in [-0.4, -0.2) is 92.9 Å². The van der Waals surface area contributed by atoms with Gasteiger partial charge in [0.05, 0.1) is 32.0 Å². The summed E-state index contributed by atoms with van der Waals surface area (Å²) in [6.07, 6.45) is 0.929. The van der Waals surface area contributed by atoms with E-state index in [-0.39, 0.29) is 18.6 Å². The van der Waals surface area contributed by atoms with Crippen LogP contribution in [0.2, 0.25) is 0 Å². The van der Waals surface area contributed by atoms with Gasteiger partial charge in [0.15, 0.2) is 11.6 Å². The highest BCUT2D eigenvalue weighted by Crippen LogP contribution is 2.29. The molecule has 200 valence electrons. The van der Waals surface area contributed by atoms with Crippen molar-refractivity contribution in [2.45, 2.75) is 29.2 Å². The lowest BCUT2D eigenvalue weighted by Crippen LogP contribution is -2.32. The van der Waals surface area contributed by atoms with Crippen LogP contribution >= 0.6 is 11.8 Å². The first kappa shape index (κ1) is 26.1. The van der Waals surface area contributed by atoms with Crippen LogP contribution in [0.3, 0.4) is 0 Å². The first-order valence-electron chi connectivity index (χ1n) is 12.2. The van der Waals surface area contributed by atoms with Crippen LogP contribution in [0.5, 0.6) is 0 Å². The number of methoxy groups -OCH3 is 1. The molecule has 4 aromatic rings. The second kappa shape index (κ2) is 11.9. The van der Waals surface area contributed by atoms with Gasteiger partial charge in [-0.15, -0.1) is 5.10 Å². The molecule has 0 saturated carbocycles. The molecule has 4 heterocycles. The summed E-state index contributed by atoms with van der Waals surface area (Å²) >= 11 is 1.42. The number of anilines is 3. The van der Waals surface area contributed by atoms with Crippen molar-refractivity contribution in [2.24, 2.45) is 0 Å². The number of fused-ring (bicyclic) bond motifs is 1. The standard InChI is InChI=1S/C25H30N8O4S/c1-16-12-22(30-29-16)27-24-19-4-3-9-33(19)31-25(28-24)38-18-7-5-17(6-8-18)26-23(35)15-32-13-20(34)21(14-32)37-11-10-36-2/h3-9,12,20-21,34H,10-11,13-15H2,1-2H3,(H,26,35)(H2,27,28,29,30,31)/t20-,21-/m0/s1. The van der Waals surface area contributed by atoms with Gasteiger partial charge >= 0.3 is 0 Å². The summed E-state index contributed by atoms with van der Waals surface area (Å²) in [7, 11) is 1.60. The Kier molecular flexibility index (Phi) is 8.20. The fourth-order valence-corrected chi connectivity index (χ4v) is 4.93. The van der Waals surface area contributed by atoms with E-state index < -0.39 is 6.10 Å². The Labute approximate surface area is 223 Å². The van der Waals surface area contributed by atoms with Crippen molar-refractivity contribution < 1.29 is 19.4 Å². The Bertz CT molecular complexity index is 1380. The number of nitrogens with one attached hydrogen (secondary N) is 3. The first-order valence-corrected chi connectivity index (χ1v) is 13.0. The summed E-state index contributed by atoms with van der Waals surface area (Å²) in [5, 5.41) is 28.7. The smallest absolute Gasteiger partial charge is 0.238 e. The maximum atomic E-state index is 12.6. The van der Waals surface area contributed by atoms with Crippen LogP contribution in [0.1, 0.15) is 5.69 Å². The fourth-order valence-electron chi connectivity index (χ4n) is 4.18. The van der Waals surface area contributed by atoms with Crippen LogP contribution in [0.4, 0.5) is 17.3 Å². The Morgan fingerprint density at radius 1 is 1.24 bits per heavy atom. The van der Waals surface area contributed by atoms with Crippen molar-refractivity contribution in [2.75, 3.05) is 50.6 Å². The molecule has 1 aliphatic heterocycles. The maximum absolute atomic E-state index is 12.6. The monoisotopic (exact) mass is 538 g/mol. The summed E-state index contributed by atoms with van der Waals surface area (Å²) in [5.41, 5.74) is 2.47. The van der Waals surface area contributed by atoms with E-state index in [4.69, 9.17) is 9.47 Å². The third-order valence-electron chi connectivity index (χ3n) is 5.97. The number of carbonyl (C=O) groups is 1. The van der Waals surface area contributed by atoms with Crippen LogP contribution in [0.25, 0.3) is 5.52 Å². The number of hydrogen-bond donors (Lipinski definition) is 4. The van der Waals surface area contributed by atoms with E-state index in [2.05, 4.69) is 30.9 Å². The zero-order valence-electron chi connectivity index (χ0n) is 21.1. The van der Waals surface area contributed by atoms with E-state index in [0.717, 1.165) is 16.1 Å². The number of aliphatic hydroxyl groups excluding tert-OH is 1. The van der Waals surface area contributed by atoms with Gasteiger partial charge in [-0.3, -0.25) is 14.8 Å².